The van der Waals surface area contributed by atoms with Crippen molar-refractivity contribution in [3.63, 3.8) is 0 Å². The summed E-state index contributed by atoms with van der Waals surface area (Å²) >= 11 is 0. The number of ether oxygens (including phenoxy) is 2. The first-order valence-corrected chi connectivity index (χ1v) is 12.1. The van der Waals surface area contributed by atoms with Crippen molar-refractivity contribution in [2.24, 2.45) is 0 Å². The summed E-state index contributed by atoms with van der Waals surface area (Å²) in [6.45, 7) is 14.4. The van der Waals surface area contributed by atoms with Crippen LogP contribution in [0.4, 0.5) is 0 Å². The normalized spacial score (nSPS) is 31.2. The zero-order valence-corrected chi connectivity index (χ0v) is 17.6. The topological polar surface area (TPSA) is 61.8 Å². The van der Waals surface area contributed by atoms with Gasteiger partial charge in [0.05, 0.1) is 6.10 Å². The molecule has 0 radical (unpaired) electrons. The van der Waals surface area contributed by atoms with Gasteiger partial charge in [-0.05, 0) is 30.1 Å². The minimum absolute atomic E-state index is 0.0544. The molecule has 2 aliphatic rings. The van der Waals surface area contributed by atoms with Gasteiger partial charge in [-0.1, -0.05) is 40.2 Å². The van der Waals surface area contributed by atoms with Crippen LogP contribution in [0.1, 0.15) is 60.3 Å². The second-order valence-electron chi connectivity index (χ2n) is 8.75. The lowest BCUT2D eigenvalue weighted by Gasteiger charge is -2.43. The van der Waals surface area contributed by atoms with Crippen LogP contribution in [-0.4, -0.2) is 38.1 Å². The van der Waals surface area contributed by atoms with Gasteiger partial charge in [-0.25, -0.2) is 4.79 Å². The maximum atomic E-state index is 12.5. The Balaban J connectivity index is 2.36. The molecule has 0 spiro atoms. The molecule has 2 rings (SSSR count). The second-order valence-corrected chi connectivity index (χ2v) is 13.5. The first-order chi connectivity index (χ1) is 11.4. The lowest BCUT2D eigenvalue weighted by molar-refractivity contribution is -0.172. The van der Waals surface area contributed by atoms with Crippen LogP contribution in [0.25, 0.3) is 0 Å². The van der Waals surface area contributed by atoms with E-state index < -0.39 is 25.9 Å². The summed E-state index contributed by atoms with van der Waals surface area (Å²) in [6, 6.07) is 0. The summed E-state index contributed by atoms with van der Waals surface area (Å²) < 4.78 is 17.7. The Kier molecular flexibility index (Phi) is 5.55. The Hall–Kier alpha value is -1.14. The van der Waals surface area contributed by atoms with Gasteiger partial charge >= 0.3 is 11.9 Å². The van der Waals surface area contributed by atoms with E-state index in [1.807, 2.05) is 0 Å². The van der Waals surface area contributed by atoms with E-state index in [9.17, 15) is 9.59 Å². The molecule has 0 aromatic heterocycles. The van der Waals surface area contributed by atoms with Gasteiger partial charge in [0.1, 0.15) is 6.10 Å². The number of carbonyl (C=O) groups excluding carboxylic acids is 2. The molecule has 0 aromatic rings. The molecule has 0 aromatic carbocycles. The first-order valence-electron chi connectivity index (χ1n) is 9.20. The molecule has 1 aliphatic heterocycles. The zero-order valence-electron chi connectivity index (χ0n) is 16.6. The van der Waals surface area contributed by atoms with E-state index in [0.717, 1.165) is 18.4 Å². The fraction of sp³-hybridized carbons (Fsp3) is 0.789. The Labute approximate surface area is 152 Å². The van der Waals surface area contributed by atoms with Crippen LogP contribution in [0.15, 0.2) is 11.6 Å². The van der Waals surface area contributed by atoms with E-state index in [2.05, 4.69) is 46.9 Å². The monoisotopic (exact) mass is 368 g/mol. The highest BCUT2D eigenvalue weighted by Gasteiger charge is 2.60. The quantitative estimate of drug-likeness (QED) is 0.415. The van der Waals surface area contributed by atoms with Crippen LogP contribution in [0.3, 0.4) is 0 Å². The molecule has 142 valence electrons. The maximum Gasteiger partial charge on any atom is 0.351 e. The van der Waals surface area contributed by atoms with Gasteiger partial charge < -0.3 is 13.9 Å². The fourth-order valence-electron chi connectivity index (χ4n) is 3.25. The molecule has 1 heterocycles. The lowest BCUT2D eigenvalue weighted by Crippen LogP contribution is -2.51. The van der Waals surface area contributed by atoms with E-state index in [1.165, 1.54) is 6.92 Å². The highest BCUT2D eigenvalue weighted by Crippen LogP contribution is 2.47. The third kappa shape index (κ3) is 4.00. The Morgan fingerprint density at radius 1 is 1.36 bits per heavy atom. The third-order valence-corrected chi connectivity index (χ3v) is 10.1. The first kappa shape index (κ1) is 20.2. The minimum atomic E-state index is -2.05. The van der Waals surface area contributed by atoms with Gasteiger partial charge in [0, 0.05) is 19.8 Å². The van der Waals surface area contributed by atoms with Crippen LogP contribution >= 0.6 is 0 Å². The van der Waals surface area contributed by atoms with Gasteiger partial charge in [0.2, 0.25) is 5.60 Å². The number of hydrogen-bond acceptors (Lipinski definition) is 5. The molecule has 2 fully saturated rings. The van der Waals surface area contributed by atoms with Crippen LogP contribution < -0.4 is 0 Å². The van der Waals surface area contributed by atoms with E-state index in [4.69, 9.17) is 13.9 Å². The number of fused-ring (bicyclic) bond motifs is 2. The van der Waals surface area contributed by atoms with E-state index in [-0.39, 0.29) is 17.2 Å². The van der Waals surface area contributed by atoms with Crippen molar-refractivity contribution in [1.29, 1.82) is 0 Å². The van der Waals surface area contributed by atoms with Crippen LogP contribution in [0, 0.1) is 0 Å². The molecule has 1 saturated carbocycles. The van der Waals surface area contributed by atoms with Gasteiger partial charge in [-0.3, -0.25) is 4.79 Å². The Morgan fingerprint density at radius 3 is 2.52 bits per heavy atom. The molecule has 5 nitrogen and oxygen atoms in total. The molecule has 2 bridgehead atoms. The van der Waals surface area contributed by atoms with Crippen LogP contribution in [0.2, 0.25) is 18.1 Å². The molecule has 0 N–H and O–H groups in total. The Bertz CT molecular complexity index is 575. The second kappa shape index (κ2) is 6.87. The van der Waals surface area contributed by atoms with Gasteiger partial charge in [0.15, 0.2) is 8.32 Å². The van der Waals surface area contributed by atoms with Crippen molar-refractivity contribution < 1.29 is 23.5 Å². The number of carbonyl (C=O) groups is 2. The van der Waals surface area contributed by atoms with Crippen molar-refractivity contribution in [2.75, 3.05) is 0 Å². The van der Waals surface area contributed by atoms with E-state index in [0.29, 0.717) is 12.8 Å². The standard InChI is InChI=1S/C19H32O5Si/c1-8-9-10-14-15-11-19(17(21)22-15,23-13(2)20)12-16(14)24-25(6,7)18(3,4)5/h10,15-16H,8-9,11-12H2,1-7H3/b14-10+/t15-,16-,19-/m1/s1. The summed E-state index contributed by atoms with van der Waals surface area (Å²) in [7, 11) is -2.05. The summed E-state index contributed by atoms with van der Waals surface area (Å²) in [5.41, 5.74) is -0.145. The van der Waals surface area contributed by atoms with Crippen molar-refractivity contribution in [2.45, 2.75) is 96.2 Å². The predicted molar refractivity (Wildman–Crippen MR) is 98.7 cm³/mol. The number of esters is 2. The predicted octanol–water partition coefficient (Wildman–Crippen LogP) is 4.12. The molecule has 0 unspecified atom stereocenters. The van der Waals surface area contributed by atoms with Crippen molar-refractivity contribution >= 4 is 20.3 Å². The number of hydrogen-bond donors (Lipinski definition) is 0. The minimum Gasteiger partial charge on any atom is -0.455 e. The molecule has 1 saturated heterocycles. The zero-order chi connectivity index (χ0) is 19.0. The van der Waals surface area contributed by atoms with Crippen LogP contribution in [0.5, 0.6) is 0 Å². The summed E-state index contributed by atoms with van der Waals surface area (Å²) in [6.07, 6.45) is 4.26. The number of rotatable bonds is 5. The average molecular weight is 369 g/mol. The largest absolute Gasteiger partial charge is 0.455 e. The van der Waals surface area contributed by atoms with E-state index in [1.54, 1.807) is 0 Å². The third-order valence-electron chi connectivity index (χ3n) is 5.65. The smallest absolute Gasteiger partial charge is 0.351 e. The Morgan fingerprint density at radius 2 is 2.00 bits per heavy atom. The van der Waals surface area contributed by atoms with Crippen molar-refractivity contribution in [3.8, 4) is 0 Å². The van der Waals surface area contributed by atoms with Gasteiger partial charge in [-0.2, -0.15) is 0 Å². The van der Waals surface area contributed by atoms with Crippen molar-refractivity contribution in [3.05, 3.63) is 11.6 Å². The molecular formula is C19H32O5Si. The molecule has 1 aliphatic carbocycles. The van der Waals surface area contributed by atoms with Crippen LogP contribution in [-0.2, 0) is 23.5 Å². The van der Waals surface area contributed by atoms with E-state index >= 15 is 0 Å². The maximum absolute atomic E-state index is 12.5. The molecule has 6 heteroatoms. The number of allylic oxidation sites excluding steroid dienone is 1. The van der Waals surface area contributed by atoms with Gasteiger partial charge in [0.25, 0.3) is 0 Å². The van der Waals surface area contributed by atoms with Gasteiger partial charge in [-0.15, -0.1) is 0 Å². The SMILES string of the molecule is CCC/C=C1\[C@H]2C[C@@](OC(C)=O)(C[C@H]1O[Si](C)(C)C(C)(C)C)C(=O)O2. The highest BCUT2D eigenvalue weighted by molar-refractivity contribution is 6.74. The summed E-state index contributed by atoms with van der Waals surface area (Å²) in [4.78, 5) is 24.0. The lowest BCUT2D eigenvalue weighted by atomic mass is 9.80. The summed E-state index contributed by atoms with van der Waals surface area (Å²) in [5, 5.41) is 0.0544. The summed E-state index contributed by atoms with van der Waals surface area (Å²) in [5.74, 6) is -0.888. The van der Waals surface area contributed by atoms with Crippen molar-refractivity contribution in [1.82, 2.24) is 0 Å². The molecule has 25 heavy (non-hydrogen) atoms. The fourth-order valence-corrected chi connectivity index (χ4v) is 4.54. The number of unbranched alkanes of at least 4 members (excludes halogenated alkanes) is 1. The molecule has 3 atom stereocenters. The highest BCUT2D eigenvalue weighted by atomic mass is 28.4. The molecular weight excluding hydrogens is 336 g/mol. The molecule has 0 amide bonds. The average Bonchev–Trinajstić information content (AvgIpc) is 2.68.